The van der Waals surface area contributed by atoms with E-state index in [-0.39, 0.29) is 24.2 Å². The molecule has 2 aromatic rings. The summed E-state index contributed by atoms with van der Waals surface area (Å²) in [5.74, 6) is -1.26. The molecule has 0 spiro atoms. The summed E-state index contributed by atoms with van der Waals surface area (Å²) in [6.07, 6.45) is 6.63. The first-order chi connectivity index (χ1) is 16.1. The van der Waals surface area contributed by atoms with Crippen LogP contribution >= 0.6 is 0 Å². The summed E-state index contributed by atoms with van der Waals surface area (Å²) >= 11 is 0. The zero-order valence-corrected chi connectivity index (χ0v) is 19.2. The Balaban J connectivity index is 1.36. The van der Waals surface area contributed by atoms with Gasteiger partial charge in [0.15, 0.2) is 0 Å². The summed E-state index contributed by atoms with van der Waals surface area (Å²) in [5, 5.41) is 0. The van der Waals surface area contributed by atoms with Crippen LogP contribution in [0.15, 0.2) is 60.7 Å². The van der Waals surface area contributed by atoms with Crippen LogP contribution in [-0.4, -0.2) is 41.8 Å². The normalized spacial score (nSPS) is 18.9. The number of carbonyl (C=O) groups excluding carboxylic acids is 3. The number of hydrogen-bond donors (Lipinski definition) is 0. The Kier molecular flexibility index (Phi) is 7.92. The molecule has 2 fully saturated rings. The molecule has 0 bridgehead atoms. The van der Waals surface area contributed by atoms with Gasteiger partial charge >= 0.3 is 5.97 Å². The highest BCUT2D eigenvalue weighted by Crippen LogP contribution is 2.29. The highest BCUT2D eigenvalue weighted by Gasteiger charge is 2.39. The maximum Gasteiger partial charge on any atom is 0.328 e. The van der Waals surface area contributed by atoms with Crippen LogP contribution in [0.5, 0.6) is 0 Å². The summed E-state index contributed by atoms with van der Waals surface area (Å²) in [5.41, 5.74) is 2.35. The molecular weight excluding hydrogens is 414 g/mol. The third kappa shape index (κ3) is 5.70. The quantitative estimate of drug-likeness (QED) is 0.427. The Hall–Kier alpha value is -2.95. The van der Waals surface area contributed by atoms with Gasteiger partial charge in [0.25, 0.3) is 5.91 Å². The molecule has 4 rings (SSSR count). The molecule has 1 aliphatic heterocycles. The van der Waals surface area contributed by atoms with Crippen molar-refractivity contribution in [1.82, 2.24) is 4.90 Å². The molecule has 0 unspecified atom stereocenters. The van der Waals surface area contributed by atoms with Crippen LogP contribution in [0, 0.1) is 5.92 Å². The Labute approximate surface area is 196 Å². The predicted octanol–water partition coefficient (Wildman–Crippen LogP) is 4.89. The van der Waals surface area contributed by atoms with Gasteiger partial charge in [-0.3, -0.25) is 9.59 Å². The van der Waals surface area contributed by atoms with Crippen LogP contribution in [0.4, 0.5) is 0 Å². The Morgan fingerprint density at radius 3 is 2.03 bits per heavy atom. The highest BCUT2D eigenvalue weighted by molar-refractivity contribution is 6.37. The third-order valence-electron chi connectivity index (χ3n) is 7.03. The van der Waals surface area contributed by atoms with E-state index in [4.69, 9.17) is 4.74 Å². The van der Waals surface area contributed by atoms with Crippen molar-refractivity contribution in [1.29, 1.82) is 0 Å². The Morgan fingerprint density at radius 1 is 0.818 bits per heavy atom. The number of esters is 1. The molecule has 1 saturated carbocycles. The fourth-order valence-electron chi connectivity index (χ4n) is 5.21. The average Bonchev–Trinajstić information content (AvgIpc) is 3.37. The Bertz CT molecular complexity index is 897. The predicted molar refractivity (Wildman–Crippen MR) is 127 cm³/mol. The molecule has 0 aromatic heterocycles. The first-order valence-electron chi connectivity index (χ1n) is 12.3. The van der Waals surface area contributed by atoms with Gasteiger partial charge in [-0.15, -0.1) is 0 Å². The van der Waals surface area contributed by atoms with Gasteiger partial charge in [-0.25, -0.2) is 4.79 Å². The van der Waals surface area contributed by atoms with E-state index in [1.807, 2.05) is 36.4 Å². The van der Waals surface area contributed by atoms with E-state index in [9.17, 15) is 14.4 Å². The van der Waals surface area contributed by atoms with Crippen molar-refractivity contribution in [3.05, 3.63) is 71.8 Å². The molecule has 1 heterocycles. The minimum absolute atomic E-state index is 0.120. The minimum Gasteiger partial charge on any atom is -0.464 e. The third-order valence-corrected chi connectivity index (χ3v) is 7.03. The number of ketones is 1. The van der Waals surface area contributed by atoms with Crippen LogP contribution in [0.3, 0.4) is 0 Å². The number of amides is 1. The van der Waals surface area contributed by atoms with E-state index in [2.05, 4.69) is 24.3 Å². The van der Waals surface area contributed by atoms with Crippen molar-refractivity contribution in [2.24, 2.45) is 5.92 Å². The van der Waals surface area contributed by atoms with Gasteiger partial charge in [-0.2, -0.15) is 0 Å². The molecule has 174 valence electrons. The van der Waals surface area contributed by atoms with E-state index in [1.54, 1.807) is 0 Å². The van der Waals surface area contributed by atoms with Crippen molar-refractivity contribution in [3.63, 3.8) is 0 Å². The van der Waals surface area contributed by atoms with E-state index in [0.29, 0.717) is 19.4 Å². The van der Waals surface area contributed by atoms with Crippen molar-refractivity contribution < 1.29 is 19.1 Å². The second-order valence-corrected chi connectivity index (χ2v) is 9.19. The molecular formula is C28H33NO4. The van der Waals surface area contributed by atoms with Crippen molar-refractivity contribution in [2.45, 2.75) is 63.3 Å². The lowest BCUT2D eigenvalue weighted by atomic mass is 9.86. The average molecular weight is 448 g/mol. The number of rotatable bonds is 8. The summed E-state index contributed by atoms with van der Waals surface area (Å²) in [4.78, 5) is 40.0. The largest absolute Gasteiger partial charge is 0.464 e. The highest BCUT2D eigenvalue weighted by atomic mass is 16.5. The fraction of sp³-hybridized carbons (Fsp3) is 0.464. The van der Waals surface area contributed by atoms with Gasteiger partial charge in [-0.05, 0) is 43.2 Å². The number of hydrogen-bond acceptors (Lipinski definition) is 4. The van der Waals surface area contributed by atoms with Gasteiger partial charge in [0.05, 0.1) is 6.61 Å². The molecule has 0 N–H and O–H groups in total. The van der Waals surface area contributed by atoms with E-state index in [1.165, 1.54) is 16.0 Å². The molecule has 33 heavy (non-hydrogen) atoms. The second kappa shape index (κ2) is 11.3. The van der Waals surface area contributed by atoms with Crippen LogP contribution < -0.4 is 0 Å². The van der Waals surface area contributed by atoms with E-state index in [0.717, 1.165) is 38.5 Å². The van der Waals surface area contributed by atoms with Crippen LogP contribution in [-0.2, 0) is 19.1 Å². The Morgan fingerprint density at radius 2 is 1.42 bits per heavy atom. The number of Topliss-reactive ketones (excluding diaryl/α,β-unsaturated/α-hetero) is 1. The molecule has 2 aromatic carbocycles. The maximum atomic E-state index is 12.9. The zero-order chi connectivity index (χ0) is 23.0. The smallest absolute Gasteiger partial charge is 0.328 e. The second-order valence-electron chi connectivity index (χ2n) is 9.19. The summed E-state index contributed by atoms with van der Waals surface area (Å²) in [7, 11) is 0. The van der Waals surface area contributed by atoms with Crippen LogP contribution in [0.1, 0.15) is 68.4 Å². The fourth-order valence-corrected chi connectivity index (χ4v) is 5.21. The lowest BCUT2D eigenvalue weighted by Crippen LogP contribution is -2.46. The van der Waals surface area contributed by atoms with Gasteiger partial charge in [-0.1, -0.05) is 79.9 Å². The lowest BCUT2D eigenvalue weighted by molar-refractivity contribution is -0.156. The zero-order valence-electron chi connectivity index (χ0n) is 19.2. The molecule has 1 aliphatic carbocycles. The first kappa shape index (κ1) is 23.2. The van der Waals surface area contributed by atoms with Crippen LogP contribution in [0.2, 0.25) is 0 Å². The monoisotopic (exact) mass is 447 g/mol. The van der Waals surface area contributed by atoms with Gasteiger partial charge in [0, 0.05) is 18.4 Å². The molecule has 0 radical (unpaired) electrons. The maximum absolute atomic E-state index is 12.9. The van der Waals surface area contributed by atoms with Crippen molar-refractivity contribution in [2.75, 3.05) is 13.2 Å². The molecule has 1 amide bonds. The summed E-state index contributed by atoms with van der Waals surface area (Å²) < 4.78 is 5.66. The van der Waals surface area contributed by atoms with E-state index < -0.39 is 17.9 Å². The van der Waals surface area contributed by atoms with Crippen molar-refractivity contribution >= 4 is 17.7 Å². The number of nitrogens with zero attached hydrogens (tertiary/aromatic N) is 1. The standard InChI is InChI=1S/C28H33NO4/c30-26(23-15-8-3-9-16-23)27(31)29-19-10-17-25(29)28(32)33-20-18-24(21-11-4-1-5-12-21)22-13-6-2-7-14-22/h1-2,4-7,11-14,23-25H,3,8-10,15-20H2/t25-/m1/s1. The molecule has 1 atom stereocenters. The molecule has 1 saturated heterocycles. The number of ether oxygens (including phenoxy) is 1. The van der Waals surface area contributed by atoms with Gasteiger partial charge in [0.1, 0.15) is 6.04 Å². The van der Waals surface area contributed by atoms with Crippen molar-refractivity contribution in [3.8, 4) is 0 Å². The minimum atomic E-state index is -0.642. The summed E-state index contributed by atoms with van der Waals surface area (Å²) in [6, 6.07) is 19.8. The van der Waals surface area contributed by atoms with E-state index >= 15 is 0 Å². The molecule has 2 aliphatic rings. The van der Waals surface area contributed by atoms with Gasteiger partial charge in [0.2, 0.25) is 5.78 Å². The summed E-state index contributed by atoms with van der Waals surface area (Å²) in [6.45, 7) is 0.718. The van der Waals surface area contributed by atoms with Gasteiger partial charge < -0.3 is 9.64 Å². The molecule has 5 nitrogen and oxygen atoms in total. The topological polar surface area (TPSA) is 63.7 Å². The SMILES string of the molecule is O=C(C(=O)N1CCC[C@@H]1C(=O)OCCC(c1ccccc1)c1ccccc1)C1CCCCC1. The number of likely N-dealkylation sites (tertiary alicyclic amines) is 1. The first-order valence-corrected chi connectivity index (χ1v) is 12.3. The van der Waals surface area contributed by atoms with Crippen LogP contribution in [0.25, 0.3) is 0 Å². The number of benzene rings is 2. The lowest BCUT2D eigenvalue weighted by Gasteiger charge is -2.26. The molecule has 5 heteroatoms. The number of carbonyl (C=O) groups is 3.